The first-order chi connectivity index (χ1) is 9.20. The molecule has 0 saturated heterocycles. The van der Waals surface area contributed by atoms with Crippen molar-refractivity contribution in [3.8, 4) is 11.4 Å². The van der Waals surface area contributed by atoms with Gasteiger partial charge in [0.15, 0.2) is 5.82 Å². The molecular formula is C14H19N5. The molecule has 1 aliphatic rings. The average molecular weight is 257 g/mol. The number of anilines is 1. The van der Waals surface area contributed by atoms with Crippen molar-refractivity contribution < 1.29 is 0 Å². The minimum atomic E-state index is 0.344. The number of aromatic nitrogens is 3. The Balaban J connectivity index is 1.76. The van der Waals surface area contributed by atoms with Crippen LogP contribution in [0, 0.1) is 6.92 Å². The summed E-state index contributed by atoms with van der Waals surface area (Å²) in [6, 6.07) is 9.04. The molecule has 0 bridgehead atoms. The summed E-state index contributed by atoms with van der Waals surface area (Å²) in [5.41, 5.74) is 8.07. The molecule has 2 atom stereocenters. The number of nitrogens with two attached hydrogens (primary N) is 1. The lowest BCUT2D eigenvalue weighted by atomic mass is 10.1. The molecule has 4 N–H and O–H groups in total. The summed E-state index contributed by atoms with van der Waals surface area (Å²) in [7, 11) is 0. The number of hydrogen-bond acceptors (Lipinski definition) is 4. The van der Waals surface area contributed by atoms with Gasteiger partial charge in [-0.05, 0) is 38.3 Å². The highest BCUT2D eigenvalue weighted by molar-refractivity contribution is 5.62. The zero-order valence-corrected chi connectivity index (χ0v) is 11.1. The van der Waals surface area contributed by atoms with Gasteiger partial charge in [0, 0.05) is 23.3 Å². The second-order valence-corrected chi connectivity index (χ2v) is 5.24. The molecule has 2 aromatic rings. The van der Waals surface area contributed by atoms with Crippen LogP contribution in [0.4, 0.5) is 5.69 Å². The molecule has 0 radical (unpaired) electrons. The first kappa shape index (κ1) is 12.2. The number of aryl methyl sites for hydroxylation is 1. The van der Waals surface area contributed by atoms with Gasteiger partial charge in [-0.1, -0.05) is 12.1 Å². The van der Waals surface area contributed by atoms with Crippen LogP contribution in [0.1, 0.15) is 25.1 Å². The van der Waals surface area contributed by atoms with Crippen molar-refractivity contribution in [1.29, 1.82) is 0 Å². The van der Waals surface area contributed by atoms with Crippen LogP contribution in [0.15, 0.2) is 24.3 Å². The van der Waals surface area contributed by atoms with E-state index in [0.29, 0.717) is 12.1 Å². The predicted octanol–water partition coefficient (Wildman–Crippen LogP) is 2.07. The molecule has 5 nitrogen and oxygen atoms in total. The van der Waals surface area contributed by atoms with Gasteiger partial charge in [-0.2, -0.15) is 5.10 Å². The summed E-state index contributed by atoms with van der Waals surface area (Å²) in [5, 5.41) is 10.6. The Kier molecular flexibility index (Phi) is 3.21. The van der Waals surface area contributed by atoms with Crippen LogP contribution in [-0.4, -0.2) is 27.3 Å². The third-order valence-corrected chi connectivity index (χ3v) is 3.56. The summed E-state index contributed by atoms with van der Waals surface area (Å²) in [6.07, 6.45) is 3.30. The Morgan fingerprint density at radius 2 is 2.26 bits per heavy atom. The molecule has 19 heavy (non-hydrogen) atoms. The van der Waals surface area contributed by atoms with Gasteiger partial charge in [-0.3, -0.25) is 5.10 Å². The molecule has 3 rings (SSSR count). The number of H-pyrrole nitrogens is 1. The van der Waals surface area contributed by atoms with Crippen LogP contribution in [-0.2, 0) is 0 Å². The van der Waals surface area contributed by atoms with Gasteiger partial charge < -0.3 is 11.1 Å². The fourth-order valence-electron chi connectivity index (χ4n) is 2.60. The lowest BCUT2D eigenvalue weighted by Crippen LogP contribution is -2.20. The zero-order chi connectivity index (χ0) is 13.2. The Bertz CT molecular complexity index is 562. The molecule has 1 aromatic heterocycles. The van der Waals surface area contributed by atoms with Crippen LogP contribution in [0.5, 0.6) is 0 Å². The van der Waals surface area contributed by atoms with E-state index in [4.69, 9.17) is 5.73 Å². The lowest BCUT2D eigenvalue weighted by molar-refractivity contribution is 0.688. The molecule has 100 valence electrons. The van der Waals surface area contributed by atoms with Gasteiger partial charge in [-0.25, -0.2) is 4.98 Å². The maximum atomic E-state index is 5.94. The third-order valence-electron chi connectivity index (χ3n) is 3.56. The highest BCUT2D eigenvalue weighted by Gasteiger charge is 2.21. The van der Waals surface area contributed by atoms with Crippen LogP contribution < -0.4 is 11.1 Å². The van der Waals surface area contributed by atoms with Crippen molar-refractivity contribution in [2.45, 2.75) is 38.3 Å². The van der Waals surface area contributed by atoms with Gasteiger partial charge in [-0.15, -0.1) is 0 Å². The van der Waals surface area contributed by atoms with E-state index in [2.05, 4.69) is 32.6 Å². The number of rotatable bonds is 3. The fourth-order valence-corrected chi connectivity index (χ4v) is 2.60. The van der Waals surface area contributed by atoms with Gasteiger partial charge in [0.2, 0.25) is 0 Å². The molecule has 0 spiro atoms. The Labute approximate surface area is 112 Å². The maximum Gasteiger partial charge on any atom is 0.181 e. The molecule has 1 aromatic carbocycles. The molecule has 0 aliphatic heterocycles. The molecule has 0 amide bonds. The van der Waals surface area contributed by atoms with E-state index >= 15 is 0 Å². The van der Waals surface area contributed by atoms with E-state index < -0.39 is 0 Å². The maximum absolute atomic E-state index is 5.94. The molecule has 1 saturated carbocycles. The largest absolute Gasteiger partial charge is 0.382 e. The van der Waals surface area contributed by atoms with E-state index in [9.17, 15) is 0 Å². The Hall–Kier alpha value is -1.88. The minimum absolute atomic E-state index is 0.344. The van der Waals surface area contributed by atoms with Crippen molar-refractivity contribution in [2.24, 2.45) is 5.73 Å². The molecule has 1 aliphatic carbocycles. The Morgan fingerprint density at radius 1 is 1.37 bits per heavy atom. The van der Waals surface area contributed by atoms with Crippen molar-refractivity contribution in [2.75, 3.05) is 5.32 Å². The van der Waals surface area contributed by atoms with Gasteiger partial charge in [0.05, 0.1) is 0 Å². The van der Waals surface area contributed by atoms with Crippen molar-refractivity contribution >= 4 is 5.69 Å². The van der Waals surface area contributed by atoms with E-state index in [0.717, 1.165) is 42.2 Å². The second-order valence-electron chi connectivity index (χ2n) is 5.24. The minimum Gasteiger partial charge on any atom is -0.382 e. The Morgan fingerprint density at radius 3 is 2.95 bits per heavy atom. The molecule has 5 heteroatoms. The van der Waals surface area contributed by atoms with Crippen LogP contribution in [0.2, 0.25) is 0 Å². The molecular weight excluding hydrogens is 238 g/mol. The summed E-state index contributed by atoms with van der Waals surface area (Å²) < 4.78 is 0. The number of hydrogen-bond donors (Lipinski definition) is 3. The van der Waals surface area contributed by atoms with Crippen LogP contribution in [0.3, 0.4) is 0 Å². The van der Waals surface area contributed by atoms with E-state index in [1.807, 2.05) is 19.1 Å². The first-order valence-corrected chi connectivity index (χ1v) is 6.72. The van der Waals surface area contributed by atoms with Gasteiger partial charge >= 0.3 is 0 Å². The number of nitrogens with one attached hydrogen (secondary N) is 2. The van der Waals surface area contributed by atoms with Crippen molar-refractivity contribution in [3.63, 3.8) is 0 Å². The quantitative estimate of drug-likeness (QED) is 0.786. The first-order valence-electron chi connectivity index (χ1n) is 6.72. The predicted molar refractivity (Wildman–Crippen MR) is 75.8 cm³/mol. The number of benzene rings is 1. The topological polar surface area (TPSA) is 79.6 Å². The van der Waals surface area contributed by atoms with Gasteiger partial charge in [0.25, 0.3) is 0 Å². The third kappa shape index (κ3) is 2.76. The molecule has 2 unspecified atom stereocenters. The van der Waals surface area contributed by atoms with Crippen molar-refractivity contribution in [3.05, 3.63) is 30.1 Å². The molecule has 1 fully saturated rings. The standard InChI is InChI=1S/C14H19N5/c1-9-16-14(19-18-9)10-3-2-4-12(7-10)17-13-6-5-11(15)8-13/h2-4,7,11,13,17H,5-6,8,15H2,1H3,(H,16,18,19). The van der Waals surface area contributed by atoms with E-state index in [1.54, 1.807) is 0 Å². The zero-order valence-electron chi connectivity index (χ0n) is 11.1. The van der Waals surface area contributed by atoms with Crippen molar-refractivity contribution in [1.82, 2.24) is 15.2 Å². The fraction of sp³-hybridized carbons (Fsp3) is 0.429. The summed E-state index contributed by atoms with van der Waals surface area (Å²) >= 11 is 0. The lowest BCUT2D eigenvalue weighted by Gasteiger charge is -2.14. The van der Waals surface area contributed by atoms with Crippen LogP contribution >= 0.6 is 0 Å². The SMILES string of the molecule is Cc1nc(-c2cccc(NC3CCC(N)C3)c2)n[nH]1. The van der Waals surface area contributed by atoms with E-state index in [-0.39, 0.29) is 0 Å². The molecule has 1 heterocycles. The number of aromatic amines is 1. The highest BCUT2D eigenvalue weighted by Crippen LogP contribution is 2.24. The number of nitrogens with zero attached hydrogens (tertiary/aromatic N) is 2. The normalized spacial score (nSPS) is 22.6. The highest BCUT2D eigenvalue weighted by atomic mass is 15.2. The van der Waals surface area contributed by atoms with E-state index in [1.165, 1.54) is 0 Å². The smallest absolute Gasteiger partial charge is 0.181 e. The second kappa shape index (κ2) is 5.01. The van der Waals surface area contributed by atoms with Gasteiger partial charge in [0.1, 0.15) is 5.82 Å². The monoisotopic (exact) mass is 257 g/mol. The van der Waals surface area contributed by atoms with Crippen LogP contribution in [0.25, 0.3) is 11.4 Å². The summed E-state index contributed by atoms with van der Waals surface area (Å²) in [6.45, 7) is 1.90. The summed E-state index contributed by atoms with van der Waals surface area (Å²) in [5.74, 6) is 1.57. The summed E-state index contributed by atoms with van der Waals surface area (Å²) in [4.78, 5) is 4.35. The average Bonchev–Trinajstić information content (AvgIpc) is 2.99.